The first-order chi connectivity index (χ1) is 16.3. The third-order valence-corrected chi connectivity index (χ3v) is 6.32. The van der Waals surface area contributed by atoms with Gasteiger partial charge in [-0.15, -0.1) is 0 Å². The molecule has 2 N–H and O–H groups in total. The van der Waals surface area contributed by atoms with E-state index in [0.717, 1.165) is 11.1 Å². The second-order valence-corrected chi connectivity index (χ2v) is 8.61. The molecule has 3 unspecified atom stereocenters. The van der Waals surface area contributed by atoms with Gasteiger partial charge in [0.25, 0.3) is 0 Å². The Hall–Kier alpha value is -3.71. The first-order valence-electron chi connectivity index (χ1n) is 11.0. The van der Waals surface area contributed by atoms with Crippen molar-refractivity contribution in [2.24, 2.45) is 11.7 Å². The third kappa shape index (κ3) is 4.65. The van der Waals surface area contributed by atoms with Crippen LogP contribution in [0.2, 0.25) is 0 Å². The van der Waals surface area contributed by atoms with Crippen molar-refractivity contribution in [2.75, 3.05) is 12.0 Å². The van der Waals surface area contributed by atoms with Gasteiger partial charge in [-0.3, -0.25) is 9.59 Å². The molecule has 176 valence electrons. The van der Waals surface area contributed by atoms with Gasteiger partial charge in [-0.05, 0) is 54.4 Å². The van der Waals surface area contributed by atoms with Crippen LogP contribution in [0.25, 0.3) is 0 Å². The van der Waals surface area contributed by atoms with Crippen molar-refractivity contribution in [3.8, 4) is 5.75 Å². The number of β-lactam (4-membered cyclic amide) rings is 1. The molecule has 1 aliphatic heterocycles. The Kier molecular flexibility index (Phi) is 6.65. The van der Waals surface area contributed by atoms with E-state index in [0.29, 0.717) is 18.0 Å². The summed E-state index contributed by atoms with van der Waals surface area (Å²) >= 11 is 0. The van der Waals surface area contributed by atoms with Crippen LogP contribution in [0.4, 0.5) is 10.1 Å². The summed E-state index contributed by atoms with van der Waals surface area (Å²) < 4.78 is 25.0. The van der Waals surface area contributed by atoms with Crippen molar-refractivity contribution in [3.05, 3.63) is 95.8 Å². The summed E-state index contributed by atoms with van der Waals surface area (Å²) in [6, 6.07) is 22.6. The number of nitrogens with zero attached hydrogens (tertiary/aromatic N) is 1. The molecule has 3 atom stereocenters. The normalized spacial score (nSPS) is 19.3. The predicted octanol–water partition coefficient (Wildman–Crippen LogP) is 4.39. The number of carbonyl (C=O) groups is 2. The van der Waals surface area contributed by atoms with Crippen LogP contribution in [0, 0.1) is 11.7 Å². The lowest BCUT2D eigenvalue weighted by atomic mass is 9.70. The number of ether oxygens (including phenoxy) is 2. The highest BCUT2D eigenvalue weighted by Gasteiger charge is 2.58. The average molecular weight is 463 g/mol. The van der Waals surface area contributed by atoms with Gasteiger partial charge in [0.2, 0.25) is 11.8 Å². The Morgan fingerprint density at radius 3 is 2.26 bits per heavy atom. The van der Waals surface area contributed by atoms with Crippen molar-refractivity contribution in [1.82, 2.24) is 0 Å². The highest BCUT2D eigenvalue weighted by Crippen LogP contribution is 2.50. The van der Waals surface area contributed by atoms with Crippen LogP contribution in [0.3, 0.4) is 0 Å². The molecular formula is C27H27FN2O4. The van der Waals surface area contributed by atoms with Crippen molar-refractivity contribution >= 4 is 17.5 Å². The number of rotatable bonds is 9. The molecule has 0 aliphatic carbocycles. The molecule has 1 saturated heterocycles. The Morgan fingerprint density at radius 2 is 1.68 bits per heavy atom. The molecule has 1 fully saturated rings. The van der Waals surface area contributed by atoms with Gasteiger partial charge in [-0.1, -0.05) is 42.5 Å². The lowest BCUT2D eigenvalue weighted by Gasteiger charge is -2.53. The van der Waals surface area contributed by atoms with E-state index in [1.54, 1.807) is 24.0 Å². The summed E-state index contributed by atoms with van der Waals surface area (Å²) in [5.74, 6) is -1.12. The molecule has 34 heavy (non-hydrogen) atoms. The van der Waals surface area contributed by atoms with Gasteiger partial charge in [-0.25, -0.2) is 4.39 Å². The van der Waals surface area contributed by atoms with Crippen LogP contribution < -0.4 is 15.4 Å². The van der Waals surface area contributed by atoms with E-state index in [1.807, 2.05) is 54.6 Å². The van der Waals surface area contributed by atoms with Crippen molar-refractivity contribution in [1.29, 1.82) is 0 Å². The molecule has 0 bridgehead atoms. The first kappa shape index (κ1) is 23.4. The molecule has 2 amide bonds. The molecule has 3 aromatic rings. The monoisotopic (exact) mass is 462 g/mol. The van der Waals surface area contributed by atoms with E-state index in [9.17, 15) is 14.0 Å². The van der Waals surface area contributed by atoms with Gasteiger partial charge in [0, 0.05) is 12.8 Å². The number of amides is 2. The van der Waals surface area contributed by atoms with E-state index in [-0.39, 0.29) is 18.1 Å². The summed E-state index contributed by atoms with van der Waals surface area (Å²) in [5.41, 5.74) is 6.83. The quantitative estimate of drug-likeness (QED) is 0.478. The maximum atomic E-state index is 13.5. The van der Waals surface area contributed by atoms with Crippen LogP contribution in [0.5, 0.6) is 5.75 Å². The van der Waals surface area contributed by atoms with Crippen molar-refractivity contribution < 1.29 is 23.5 Å². The summed E-state index contributed by atoms with van der Waals surface area (Å²) in [5, 5.41) is 0. The van der Waals surface area contributed by atoms with Gasteiger partial charge >= 0.3 is 0 Å². The maximum Gasteiger partial charge on any atom is 0.236 e. The fraction of sp³-hybridized carbons (Fsp3) is 0.259. The number of carbonyl (C=O) groups excluding carboxylic acids is 2. The lowest BCUT2D eigenvalue weighted by molar-refractivity contribution is -0.151. The minimum atomic E-state index is -1.09. The van der Waals surface area contributed by atoms with Crippen molar-refractivity contribution in [2.45, 2.75) is 31.6 Å². The molecule has 3 aromatic carbocycles. The summed E-state index contributed by atoms with van der Waals surface area (Å²) in [6.07, 6.45) is -0.105. The molecule has 7 heteroatoms. The average Bonchev–Trinajstić information content (AvgIpc) is 2.83. The zero-order valence-electron chi connectivity index (χ0n) is 19.1. The van der Waals surface area contributed by atoms with Crippen LogP contribution in [0.1, 0.15) is 30.5 Å². The molecule has 0 aromatic heterocycles. The second-order valence-electron chi connectivity index (χ2n) is 8.61. The SMILES string of the molecule is COC(C)(CC(N)=O)C1C(=O)N(c2ccc(F)cc2)C1c1ccc(OCc2ccccc2)cc1. The number of benzene rings is 3. The number of hydrogen-bond acceptors (Lipinski definition) is 4. The Balaban J connectivity index is 1.62. The van der Waals surface area contributed by atoms with E-state index in [1.165, 1.54) is 19.2 Å². The van der Waals surface area contributed by atoms with Crippen molar-refractivity contribution in [3.63, 3.8) is 0 Å². The van der Waals surface area contributed by atoms with Gasteiger partial charge in [0.05, 0.1) is 24.0 Å². The number of anilines is 1. The van der Waals surface area contributed by atoms with E-state index < -0.39 is 23.5 Å². The number of primary amides is 1. The Bertz CT molecular complexity index is 1150. The first-order valence-corrected chi connectivity index (χ1v) is 11.0. The number of methoxy groups -OCH3 is 1. The van der Waals surface area contributed by atoms with Crippen LogP contribution >= 0.6 is 0 Å². The van der Waals surface area contributed by atoms with E-state index in [4.69, 9.17) is 15.2 Å². The summed E-state index contributed by atoms with van der Waals surface area (Å²) in [4.78, 5) is 26.7. The molecular weight excluding hydrogens is 435 g/mol. The Labute approximate surface area is 198 Å². The van der Waals surface area contributed by atoms with Gasteiger partial charge in [0.1, 0.15) is 18.2 Å². The second kappa shape index (κ2) is 9.65. The minimum Gasteiger partial charge on any atom is -0.489 e. The molecule has 6 nitrogen and oxygen atoms in total. The van der Waals surface area contributed by atoms with Gasteiger partial charge < -0.3 is 20.1 Å². The van der Waals surface area contributed by atoms with E-state index >= 15 is 0 Å². The van der Waals surface area contributed by atoms with Crippen LogP contribution in [-0.2, 0) is 20.9 Å². The van der Waals surface area contributed by atoms with E-state index in [2.05, 4.69) is 0 Å². The van der Waals surface area contributed by atoms with Gasteiger partial charge in [0.15, 0.2) is 0 Å². The van der Waals surface area contributed by atoms with Crippen LogP contribution in [-0.4, -0.2) is 24.5 Å². The zero-order valence-corrected chi connectivity index (χ0v) is 19.1. The zero-order chi connectivity index (χ0) is 24.3. The number of nitrogens with two attached hydrogens (primary N) is 1. The predicted molar refractivity (Wildman–Crippen MR) is 127 cm³/mol. The standard InChI is InChI=1S/C27H27FN2O4/c1-27(33-2,16-23(29)31)24-25(30(26(24)32)21-12-10-20(28)11-13-21)19-8-14-22(15-9-19)34-17-18-6-4-3-5-7-18/h3-15,24-25H,16-17H2,1-2H3,(H2,29,31). The Morgan fingerprint density at radius 1 is 1.03 bits per heavy atom. The highest BCUT2D eigenvalue weighted by molar-refractivity contribution is 6.04. The molecule has 4 rings (SSSR count). The molecule has 0 spiro atoms. The minimum absolute atomic E-state index is 0.105. The van der Waals surface area contributed by atoms with Gasteiger partial charge in [-0.2, -0.15) is 0 Å². The molecule has 1 heterocycles. The summed E-state index contributed by atoms with van der Waals surface area (Å²) in [7, 11) is 1.47. The maximum absolute atomic E-state index is 13.5. The smallest absolute Gasteiger partial charge is 0.236 e. The summed E-state index contributed by atoms with van der Waals surface area (Å²) in [6.45, 7) is 2.15. The molecule has 1 aliphatic rings. The van der Waals surface area contributed by atoms with Crippen LogP contribution in [0.15, 0.2) is 78.9 Å². The topological polar surface area (TPSA) is 81.9 Å². The number of halogens is 1. The largest absolute Gasteiger partial charge is 0.489 e. The number of hydrogen-bond donors (Lipinski definition) is 1. The fourth-order valence-electron chi connectivity index (χ4n) is 4.47. The highest BCUT2D eigenvalue weighted by atomic mass is 19.1. The molecule has 0 radical (unpaired) electrons. The lowest BCUT2D eigenvalue weighted by Crippen LogP contribution is -2.64. The third-order valence-electron chi connectivity index (χ3n) is 6.32. The molecule has 0 saturated carbocycles. The fourth-order valence-corrected chi connectivity index (χ4v) is 4.47.